The van der Waals surface area contributed by atoms with Crippen LogP contribution in [0.5, 0.6) is 0 Å². The third kappa shape index (κ3) is 2.31. The van der Waals surface area contributed by atoms with Crippen molar-refractivity contribution in [1.29, 1.82) is 0 Å². The van der Waals surface area contributed by atoms with Gasteiger partial charge in [-0.2, -0.15) is 5.10 Å². The largest absolute Gasteiger partial charge is 0.271 e. The Morgan fingerprint density at radius 3 is 2.78 bits per heavy atom. The molecule has 3 N–H and O–H groups in total. The zero-order chi connectivity index (χ0) is 13.3. The van der Waals surface area contributed by atoms with E-state index in [1.165, 1.54) is 0 Å². The van der Waals surface area contributed by atoms with Crippen LogP contribution in [0.15, 0.2) is 28.9 Å². The van der Waals surface area contributed by atoms with Gasteiger partial charge in [0.25, 0.3) is 0 Å². The van der Waals surface area contributed by atoms with Gasteiger partial charge >= 0.3 is 0 Å². The lowest BCUT2D eigenvalue weighted by Gasteiger charge is -2.20. The number of rotatable bonds is 3. The Morgan fingerprint density at radius 1 is 1.50 bits per heavy atom. The Kier molecular flexibility index (Phi) is 4.07. The van der Waals surface area contributed by atoms with Gasteiger partial charge in [0.2, 0.25) is 0 Å². The van der Waals surface area contributed by atoms with E-state index in [4.69, 9.17) is 17.4 Å². The number of hydrogen-bond donors (Lipinski definition) is 2. The second-order valence-corrected chi connectivity index (χ2v) is 5.32. The molecule has 18 heavy (non-hydrogen) atoms. The molecule has 0 radical (unpaired) electrons. The molecule has 0 aliphatic carbocycles. The van der Waals surface area contributed by atoms with E-state index in [1.807, 2.05) is 32.2 Å². The lowest BCUT2D eigenvalue weighted by atomic mass is 9.99. The first-order valence-corrected chi connectivity index (χ1v) is 6.62. The van der Waals surface area contributed by atoms with Gasteiger partial charge in [0.05, 0.1) is 22.4 Å². The summed E-state index contributed by atoms with van der Waals surface area (Å²) < 4.78 is 2.70. The molecule has 0 saturated carbocycles. The molecule has 1 unspecified atom stereocenters. The normalized spacial score (nSPS) is 12.7. The van der Waals surface area contributed by atoms with Crippen LogP contribution < -0.4 is 11.3 Å². The first kappa shape index (κ1) is 13.5. The second kappa shape index (κ2) is 5.40. The van der Waals surface area contributed by atoms with Gasteiger partial charge in [-0.15, -0.1) is 0 Å². The molecule has 96 valence electrons. The minimum absolute atomic E-state index is 0.162. The first-order chi connectivity index (χ1) is 8.56. The summed E-state index contributed by atoms with van der Waals surface area (Å²) in [5.74, 6) is 5.70. The van der Waals surface area contributed by atoms with Crippen molar-refractivity contribution in [3.8, 4) is 0 Å². The van der Waals surface area contributed by atoms with Crippen molar-refractivity contribution in [2.24, 2.45) is 12.9 Å². The van der Waals surface area contributed by atoms with Crippen LogP contribution >= 0.6 is 27.5 Å². The van der Waals surface area contributed by atoms with Crippen molar-refractivity contribution in [2.75, 3.05) is 0 Å². The number of hydrogen-bond acceptors (Lipinski definition) is 3. The quantitative estimate of drug-likeness (QED) is 0.672. The van der Waals surface area contributed by atoms with Crippen molar-refractivity contribution in [3.05, 3.63) is 50.7 Å². The van der Waals surface area contributed by atoms with Crippen LogP contribution in [0, 0.1) is 6.92 Å². The van der Waals surface area contributed by atoms with Gasteiger partial charge in [-0.1, -0.05) is 23.7 Å². The maximum Gasteiger partial charge on any atom is 0.0892 e. The Morgan fingerprint density at radius 2 is 2.22 bits per heavy atom. The number of nitrogens with one attached hydrogen (secondary N) is 1. The summed E-state index contributed by atoms with van der Waals surface area (Å²) in [4.78, 5) is 0. The third-order valence-electron chi connectivity index (χ3n) is 3.00. The molecule has 0 spiro atoms. The number of benzene rings is 1. The van der Waals surface area contributed by atoms with Crippen LogP contribution in [-0.2, 0) is 7.05 Å². The molecule has 0 saturated heterocycles. The predicted octanol–water partition coefficient (Wildman–Crippen LogP) is 2.70. The first-order valence-electron chi connectivity index (χ1n) is 5.44. The SMILES string of the molecule is Cc1c(Cl)cccc1C(NN)c1c(Br)cnn1C. The van der Waals surface area contributed by atoms with Crippen molar-refractivity contribution in [1.82, 2.24) is 15.2 Å². The van der Waals surface area contributed by atoms with Gasteiger partial charge in [0, 0.05) is 12.1 Å². The number of nitrogens with zero attached hydrogens (tertiary/aromatic N) is 2. The van der Waals surface area contributed by atoms with Gasteiger partial charge < -0.3 is 0 Å². The van der Waals surface area contributed by atoms with Crippen LogP contribution in [0.2, 0.25) is 5.02 Å². The molecular weight excluding hydrogens is 316 g/mol. The fourth-order valence-electron chi connectivity index (χ4n) is 2.00. The number of aromatic nitrogens is 2. The van der Waals surface area contributed by atoms with E-state index in [1.54, 1.807) is 10.9 Å². The van der Waals surface area contributed by atoms with Crippen LogP contribution in [0.1, 0.15) is 22.9 Å². The average molecular weight is 330 g/mol. The minimum Gasteiger partial charge on any atom is -0.271 e. The Labute approximate surface area is 119 Å². The number of hydrazine groups is 1. The molecule has 0 bridgehead atoms. The molecule has 1 atom stereocenters. The third-order valence-corrected chi connectivity index (χ3v) is 4.02. The Hall–Kier alpha value is -0.880. The number of nitrogens with two attached hydrogens (primary N) is 1. The van der Waals surface area contributed by atoms with Gasteiger partial charge in [-0.25, -0.2) is 5.43 Å². The molecule has 2 rings (SSSR count). The fraction of sp³-hybridized carbons (Fsp3) is 0.250. The monoisotopic (exact) mass is 328 g/mol. The summed E-state index contributed by atoms with van der Waals surface area (Å²) in [6.07, 6.45) is 1.75. The zero-order valence-corrected chi connectivity index (χ0v) is 12.5. The molecule has 1 aromatic heterocycles. The number of aryl methyl sites for hydroxylation is 1. The molecule has 2 aromatic rings. The molecule has 1 aromatic carbocycles. The molecule has 0 fully saturated rings. The zero-order valence-electron chi connectivity index (χ0n) is 10.1. The van der Waals surface area contributed by atoms with Crippen molar-refractivity contribution in [3.63, 3.8) is 0 Å². The average Bonchev–Trinajstić information content (AvgIpc) is 2.67. The maximum absolute atomic E-state index is 6.15. The predicted molar refractivity (Wildman–Crippen MR) is 76.3 cm³/mol. The highest BCUT2D eigenvalue weighted by Crippen LogP contribution is 2.31. The minimum atomic E-state index is -0.162. The molecule has 0 aliphatic rings. The molecule has 4 nitrogen and oxygen atoms in total. The smallest absolute Gasteiger partial charge is 0.0892 e. The topological polar surface area (TPSA) is 55.9 Å². The van der Waals surface area contributed by atoms with E-state index in [0.29, 0.717) is 0 Å². The van der Waals surface area contributed by atoms with Crippen molar-refractivity contribution >= 4 is 27.5 Å². The maximum atomic E-state index is 6.15. The van der Waals surface area contributed by atoms with Crippen LogP contribution in [-0.4, -0.2) is 9.78 Å². The summed E-state index contributed by atoms with van der Waals surface area (Å²) in [5, 5.41) is 4.93. The van der Waals surface area contributed by atoms with Crippen LogP contribution in [0.3, 0.4) is 0 Å². The summed E-state index contributed by atoms with van der Waals surface area (Å²) in [7, 11) is 1.88. The van der Waals surface area contributed by atoms with Crippen molar-refractivity contribution < 1.29 is 0 Å². The van der Waals surface area contributed by atoms with E-state index < -0.39 is 0 Å². The molecule has 0 amide bonds. The van der Waals surface area contributed by atoms with Crippen molar-refractivity contribution in [2.45, 2.75) is 13.0 Å². The fourth-order valence-corrected chi connectivity index (χ4v) is 2.76. The Bertz CT molecular complexity index is 548. The van der Waals surface area contributed by atoms with E-state index >= 15 is 0 Å². The second-order valence-electron chi connectivity index (χ2n) is 4.06. The van der Waals surface area contributed by atoms with Crippen LogP contribution in [0.25, 0.3) is 0 Å². The highest BCUT2D eigenvalue weighted by Gasteiger charge is 2.21. The lowest BCUT2D eigenvalue weighted by Crippen LogP contribution is -2.31. The molecule has 0 aliphatic heterocycles. The van der Waals surface area contributed by atoms with Gasteiger partial charge in [0.15, 0.2) is 0 Å². The summed E-state index contributed by atoms with van der Waals surface area (Å²) in [5.41, 5.74) is 5.83. The highest BCUT2D eigenvalue weighted by atomic mass is 79.9. The molecule has 6 heteroatoms. The highest BCUT2D eigenvalue weighted by molar-refractivity contribution is 9.10. The number of halogens is 2. The summed E-state index contributed by atoms with van der Waals surface area (Å²) in [6.45, 7) is 1.98. The summed E-state index contributed by atoms with van der Waals surface area (Å²) in [6, 6.07) is 5.63. The van der Waals surface area contributed by atoms with Gasteiger partial charge in [-0.05, 0) is 40.0 Å². The van der Waals surface area contributed by atoms with Crippen LogP contribution in [0.4, 0.5) is 0 Å². The van der Waals surface area contributed by atoms with E-state index in [2.05, 4.69) is 26.5 Å². The van der Waals surface area contributed by atoms with E-state index in [0.717, 1.165) is 26.3 Å². The van der Waals surface area contributed by atoms with Gasteiger partial charge in [0.1, 0.15) is 0 Å². The standard InChI is InChI=1S/C12H14BrClN4/c1-7-8(4-3-5-10(7)14)11(17-15)12-9(13)6-16-18(12)2/h3-6,11,17H,15H2,1-2H3. The van der Waals surface area contributed by atoms with Gasteiger partial charge in [-0.3, -0.25) is 10.5 Å². The molecule has 1 heterocycles. The Balaban J connectivity index is 2.56. The van der Waals surface area contributed by atoms with E-state index in [9.17, 15) is 0 Å². The summed E-state index contributed by atoms with van der Waals surface area (Å²) >= 11 is 9.64. The van der Waals surface area contributed by atoms with E-state index in [-0.39, 0.29) is 6.04 Å². The lowest BCUT2D eigenvalue weighted by molar-refractivity contribution is 0.571. The molecular formula is C12H14BrClN4.